The first kappa shape index (κ1) is 12.8. The minimum absolute atomic E-state index is 0.0209. The van der Waals surface area contributed by atoms with Gasteiger partial charge in [0.2, 0.25) is 5.91 Å². The Morgan fingerprint density at radius 1 is 1.53 bits per heavy atom. The van der Waals surface area contributed by atoms with E-state index in [2.05, 4.69) is 17.9 Å². The molecule has 0 aliphatic heterocycles. The number of rotatable bonds is 4. The van der Waals surface area contributed by atoms with E-state index in [4.69, 9.17) is 0 Å². The molecule has 1 aliphatic rings. The van der Waals surface area contributed by atoms with Crippen molar-refractivity contribution in [2.75, 3.05) is 6.54 Å². The Hall–Kier alpha value is -0.220. The number of hydrogen-bond acceptors (Lipinski definition) is 3. The Kier molecular flexibility index (Phi) is 4.93. The predicted octanol–water partition coefficient (Wildman–Crippen LogP) is 1.22. The van der Waals surface area contributed by atoms with Crippen molar-refractivity contribution in [2.45, 2.75) is 44.5 Å². The standard InChI is InChI=1S/C11H21NO2S/c1-7(2)10(15)11(14)12-6-8-4-3-5-9(8)13/h7-10,13,15H,3-6H2,1-2H3,(H,12,14). The van der Waals surface area contributed by atoms with E-state index >= 15 is 0 Å². The highest BCUT2D eigenvalue weighted by Crippen LogP contribution is 2.24. The van der Waals surface area contributed by atoms with E-state index in [1.807, 2.05) is 13.8 Å². The molecule has 3 nitrogen and oxygen atoms in total. The molecule has 1 amide bonds. The van der Waals surface area contributed by atoms with Gasteiger partial charge in [-0.1, -0.05) is 20.3 Å². The fourth-order valence-corrected chi connectivity index (χ4v) is 1.99. The van der Waals surface area contributed by atoms with Gasteiger partial charge >= 0.3 is 0 Å². The third kappa shape index (κ3) is 3.68. The van der Waals surface area contributed by atoms with E-state index in [1.54, 1.807) is 0 Å². The predicted molar refractivity (Wildman–Crippen MR) is 64.0 cm³/mol. The smallest absolute Gasteiger partial charge is 0.233 e. The minimum Gasteiger partial charge on any atom is -0.393 e. The molecular formula is C11H21NO2S. The lowest BCUT2D eigenvalue weighted by atomic mass is 10.1. The molecule has 15 heavy (non-hydrogen) atoms. The lowest BCUT2D eigenvalue weighted by Crippen LogP contribution is -2.38. The van der Waals surface area contributed by atoms with Crippen LogP contribution in [0.2, 0.25) is 0 Å². The molecule has 0 aromatic carbocycles. The van der Waals surface area contributed by atoms with E-state index in [1.165, 1.54) is 0 Å². The van der Waals surface area contributed by atoms with Crippen molar-refractivity contribution in [3.63, 3.8) is 0 Å². The molecule has 0 aromatic rings. The maximum absolute atomic E-state index is 11.6. The second-order valence-electron chi connectivity index (χ2n) is 4.69. The Bertz CT molecular complexity index is 221. The normalized spacial score (nSPS) is 28.1. The highest BCUT2D eigenvalue weighted by molar-refractivity contribution is 7.81. The zero-order valence-electron chi connectivity index (χ0n) is 9.44. The molecule has 0 saturated heterocycles. The average molecular weight is 231 g/mol. The summed E-state index contributed by atoms with van der Waals surface area (Å²) in [5.41, 5.74) is 0. The molecule has 0 spiro atoms. The summed E-state index contributed by atoms with van der Waals surface area (Å²) in [6.45, 7) is 4.53. The number of hydrogen-bond donors (Lipinski definition) is 3. The summed E-state index contributed by atoms with van der Waals surface area (Å²) in [6, 6.07) is 0. The molecule has 0 heterocycles. The molecule has 0 radical (unpaired) electrons. The van der Waals surface area contributed by atoms with Crippen LogP contribution in [0.4, 0.5) is 0 Å². The van der Waals surface area contributed by atoms with Gasteiger partial charge in [0, 0.05) is 12.5 Å². The Morgan fingerprint density at radius 2 is 2.20 bits per heavy atom. The Morgan fingerprint density at radius 3 is 2.67 bits per heavy atom. The van der Waals surface area contributed by atoms with E-state index in [-0.39, 0.29) is 29.1 Å². The summed E-state index contributed by atoms with van der Waals surface area (Å²) in [7, 11) is 0. The van der Waals surface area contributed by atoms with Crippen LogP contribution in [0.25, 0.3) is 0 Å². The van der Waals surface area contributed by atoms with Gasteiger partial charge in [0.1, 0.15) is 0 Å². The van der Waals surface area contributed by atoms with Crippen molar-refractivity contribution in [3.8, 4) is 0 Å². The first-order valence-corrected chi connectivity index (χ1v) is 6.18. The average Bonchev–Trinajstić information content (AvgIpc) is 2.59. The topological polar surface area (TPSA) is 49.3 Å². The van der Waals surface area contributed by atoms with Gasteiger partial charge in [-0.25, -0.2) is 0 Å². The maximum Gasteiger partial charge on any atom is 0.233 e. The molecule has 1 fully saturated rings. The van der Waals surface area contributed by atoms with Crippen molar-refractivity contribution in [3.05, 3.63) is 0 Å². The molecule has 4 heteroatoms. The highest BCUT2D eigenvalue weighted by Gasteiger charge is 2.26. The van der Waals surface area contributed by atoms with Crippen LogP contribution in [0.1, 0.15) is 33.1 Å². The Balaban J connectivity index is 2.27. The van der Waals surface area contributed by atoms with Crippen molar-refractivity contribution >= 4 is 18.5 Å². The quantitative estimate of drug-likeness (QED) is 0.637. The van der Waals surface area contributed by atoms with E-state index in [0.29, 0.717) is 6.54 Å². The fraction of sp³-hybridized carbons (Fsp3) is 0.909. The van der Waals surface area contributed by atoms with Gasteiger partial charge in [-0.3, -0.25) is 4.79 Å². The molecular weight excluding hydrogens is 210 g/mol. The van der Waals surface area contributed by atoms with Crippen LogP contribution < -0.4 is 5.32 Å². The molecule has 2 N–H and O–H groups in total. The Labute approximate surface area is 97.0 Å². The highest BCUT2D eigenvalue weighted by atomic mass is 32.1. The minimum atomic E-state index is -0.247. The third-order valence-corrected chi connectivity index (χ3v) is 3.89. The van der Waals surface area contributed by atoms with Crippen LogP contribution in [0.15, 0.2) is 0 Å². The van der Waals surface area contributed by atoms with Gasteiger partial charge < -0.3 is 10.4 Å². The SMILES string of the molecule is CC(C)C(S)C(=O)NCC1CCCC1O. The second-order valence-corrected chi connectivity index (χ2v) is 5.25. The molecule has 0 aromatic heterocycles. The van der Waals surface area contributed by atoms with E-state index in [9.17, 15) is 9.90 Å². The van der Waals surface area contributed by atoms with Gasteiger partial charge in [-0.05, 0) is 18.8 Å². The van der Waals surface area contributed by atoms with Crippen LogP contribution in [0.3, 0.4) is 0 Å². The summed E-state index contributed by atoms with van der Waals surface area (Å²) < 4.78 is 0. The molecule has 1 rings (SSSR count). The largest absolute Gasteiger partial charge is 0.393 e. The van der Waals surface area contributed by atoms with Crippen LogP contribution in [0.5, 0.6) is 0 Å². The monoisotopic (exact) mass is 231 g/mol. The lowest BCUT2D eigenvalue weighted by Gasteiger charge is -2.18. The molecule has 1 aliphatic carbocycles. The number of thiol groups is 1. The molecule has 0 bridgehead atoms. The number of nitrogens with one attached hydrogen (secondary N) is 1. The van der Waals surface area contributed by atoms with Gasteiger partial charge in [-0.2, -0.15) is 12.6 Å². The van der Waals surface area contributed by atoms with Crippen LogP contribution in [-0.2, 0) is 4.79 Å². The maximum atomic E-state index is 11.6. The molecule has 88 valence electrons. The summed E-state index contributed by atoms with van der Waals surface area (Å²) in [6.07, 6.45) is 2.72. The van der Waals surface area contributed by atoms with Gasteiger partial charge in [-0.15, -0.1) is 0 Å². The molecule has 3 unspecified atom stereocenters. The first-order chi connectivity index (χ1) is 7.02. The van der Waals surface area contributed by atoms with Crippen molar-refractivity contribution in [2.24, 2.45) is 11.8 Å². The summed E-state index contributed by atoms with van der Waals surface area (Å²) >= 11 is 4.24. The third-order valence-electron chi connectivity index (χ3n) is 3.06. The van der Waals surface area contributed by atoms with E-state index in [0.717, 1.165) is 19.3 Å². The van der Waals surface area contributed by atoms with Gasteiger partial charge in [0.25, 0.3) is 0 Å². The zero-order chi connectivity index (χ0) is 11.4. The molecule has 1 saturated carbocycles. The number of amides is 1. The van der Waals surface area contributed by atoms with Crippen LogP contribution in [-0.4, -0.2) is 28.9 Å². The summed E-state index contributed by atoms with van der Waals surface area (Å²) in [4.78, 5) is 11.6. The summed E-state index contributed by atoms with van der Waals surface area (Å²) in [5, 5.41) is 12.2. The number of aliphatic hydroxyl groups is 1. The van der Waals surface area contributed by atoms with Crippen LogP contribution in [0, 0.1) is 11.8 Å². The van der Waals surface area contributed by atoms with Crippen molar-refractivity contribution in [1.82, 2.24) is 5.32 Å². The van der Waals surface area contributed by atoms with Crippen LogP contribution >= 0.6 is 12.6 Å². The fourth-order valence-electron chi connectivity index (χ4n) is 1.89. The first-order valence-electron chi connectivity index (χ1n) is 5.66. The van der Waals surface area contributed by atoms with E-state index < -0.39 is 0 Å². The second kappa shape index (κ2) is 5.75. The lowest BCUT2D eigenvalue weighted by molar-refractivity contribution is -0.121. The van der Waals surface area contributed by atoms with Crippen molar-refractivity contribution in [1.29, 1.82) is 0 Å². The van der Waals surface area contributed by atoms with Gasteiger partial charge in [0.15, 0.2) is 0 Å². The van der Waals surface area contributed by atoms with Crippen molar-refractivity contribution < 1.29 is 9.90 Å². The zero-order valence-corrected chi connectivity index (χ0v) is 10.3. The summed E-state index contributed by atoms with van der Waals surface area (Å²) in [5.74, 6) is 0.455. The van der Waals surface area contributed by atoms with Gasteiger partial charge in [0.05, 0.1) is 11.4 Å². The molecule has 3 atom stereocenters. The number of carbonyl (C=O) groups excluding carboxylic acids is 1. The number of carbonyl (C=O) groups is 1. The number of aliphatic hydroxyl groups excluding tert-OH is 1.